The molecule has 140 valence electrons. The molecule has 0 bridgehead atoms. The minimum Gasteiger partial charge on any atom is -0.497 e. The predicted octanol–water partition coefficient (Wildman–Crippen LogP) is 4.20. The number of carbonyl (C=O) groups is 1. The molecule has 0 fully saturated rings. The van der Waals surface area contributed by atoms with Crippen LogP contribution in [-0.4, -0.2) is 26.2 Å². The summed E-state index contributed by atoms with van der Waals surface area (Å²) in [6, 6.07) is 12.8. The molecule has 2 aromatic rings. The fourth-order valence-electron chi connectivity index (χ4n) is 2.46. The average Bonchev–Trinajstić information content (AvgIpc) is 2.67. The molecule has 0 unspecified atom stereocenters. The summed E-state index contributed by atoms with van der Waals surface area (Å²) in [4.78, 5) is 12.3. The molecular weight excluding hydrogens is 330 g/mol. The summed E-state index contributed by atoms with van der Waals surface area (Å²) < 4.78 is 16.7. The maximum Gasteiger partial charge on any atom is 0.251 e. The van der Waals surface area contributed by atoms with Crippen LogP contribution in [0.4, 0.5) is 0 Å². The summed E-state index contributed by atoms with van der Waals surface area (Å²) >= 11 is 0. The van der Waals surface area contributed by atoms with Gasteiger partial charge in [-0.1, -0.05) is 19.4 Å². The molecule has 0 aliphatic rings. The van der Waals surface area contributed by atoms with Crippen molar-refractivity contribution in [2.75, 3.05) is 20.3 Å². The Labute approximate surface area is 155 Å². The van der Waals surface area contributed by atoms with E-state index in [9.17, 15) is 4.79 Å². The van der Waals surface area contributed by atoms with E-state index in [1.807, 2.05) is 43.3 Å². The molecule has 0 aliphatic heterocycles. The molecular formula is C21H27NO4. The standard InChI is InChI=1S/C21H27NO4/c1-4-6-12-22-21(23)16-10-11-20(25-5-2)17(13-16)15-26-19-9-7-8-18(14-19)24-3/h7-11,13-14H,4-6,12,15H2,1-3H3,(H,22,23). The number of hydrogen-bond acceptors (Lipinski definition) is 4. The number of amides is 1. The van der Waals surface area contributed by atoms with Crippen LogP contribution in [0, 0.1) is 0 Å². The number of nitrogens with one attached hydrogen (secondary N) is 1. The van der Waals surface area contributed by atoms with Crippen LogP contribution in [0.15, 0.2) is 42.5 Å². The fourth-order valence-corrected chi connectivity index (χ4v) is 2.46. The number of ether oxygens (including phenoxy) is 3. The fraction of sp³-hybridized carbons (Fsp3) is 0.381. The van der Waals surface area contributed by atoms with Crippen molar-refractivity contribution < 1.29 is 19.0 Å². The van der Waals surface area contributed by atoms with Gasteiger partial charge < -0.3 is 19.5 Å². The van der Waals surface area contributed by atoms with Gasteiger partial charge in [0.05, 0.1) is 13.7 Å². The van der Waals surface area contributed by atoms with E-state index >= 15 is 0 Å². The number of carbonyl (C=O) groups excluding carboxylic acids is 1. The molecule has 0 saturated heterocycles. The Balaban J connectivity index is 2.12. The summed E-state index contributed by atoms with van der Waals surface area (Å²) in [6.45, 7) is 5.56. The van der Waals surface area contributed by atoms with Crippen LogP contribution in [0.3, 0.4) is 0 Å². The summed E-state index contributed by atoms with van der Waals surface area (Å²) in [7, 11) is 1.62. The zero-order valence-electron chi connectivity index (χ0n) is 15.7. The maximum absolute atomic E-state index is 12.3. The smallest absolute Gasteiger partial charge is 0.251 e. The second kappa shape index (κ2) is 10.3. The molecule has 5 nitrogen and oxygen atoms in total. The minimum absolute atomic E-state index is 0.0795. The summed E-state index contributed by atoms with van der Waals surface area (Å²) in [5, 5.41) is 2.93. The van der Waals surface area contributed by atoms with Gasteiger partial charge in [0.2, 0.25) is 0 Å². The first kappa shape index (κ1) is 19.6. The van der Waals surface area contributed by atoms with Crippen molar-refractivity contribution in [3.63, 3.8) is 0 Å². The van der Waals surface area contributed by atoms with Gasteiger partial charge in [-0.3, -0.25) is 4.79 Å². The Hall–Kier alpha value is -2.69. The number of unbranched alkanes of at least 4 members (excludes halogenated alkanes) is 1. The molecule has 0 aromatic heterocycles. The second-order valence-electron chi connectivity index (χ2n) is 5.83. The van der Waals surface area contributed by atoms with Gasteiger partial charge >= 0.3 is 0 Å². The van der Waals surface area contributed by atoms with Gasteiger partial charge in [-0.05, 0) is 43.7 Å². The molecule has 0 spiro atoms. The first-order valence-electron chi connectivity index (χ1n) is 8.98. The second-order valence-corrected chi connectivity index (χ2v) is 5.83. The lowest BCUT2D eigenvalue weighted by molar-refractivity contribution is 0.0953. The number of benzene rings is 2. The molecule has 2 rings (SSSR count). The van der Waals surface area contributed by atoms with Crippen molar-refractivity contribution in [2.24, 2.45) is 0 Å². The van der Waals surface area contributed by atoms with Crippen molar-refractivity contribution in [2.45, 2.75) is 33.3 Å². The quantitative estimate of drug-likeness (QED) is 0.648. The predicted molar refractivity (Wildman–Crippen MR) is 102 cm³/mol. The first-order valence-corrected chi connectivity index (χ1v) is 8.98. The van der Waals surface area contributed by atoms with Crippen LogP contribution < -0.4 is 19.5 Å². The van der Waals surface area contributed by atoms with Crippen molar-refractivity contribution in [1.82, 2.24) is 5.32 Å². The largest absolute Gasteiger partial charge is 0.497 e. The van der Waals surface area contributed by atoms with E-state index in [0.717, 1.165) is 29.9 Å². The van der Waals surface area contributed by atoms with Crippen LogP contribution >= 0.6 is 0 Å². The van der Waals surface area contributed by atoms with E-state index in [4.69, 9.17) is 14.2 Å². The molecule has 5 heteroatoms. The zero-order valence-corrected chi connectivity index (χ0v) is 15.7. The number of hydrogen-bond donors (Lipinski definition) is 1. The normalized spacial score (nSPS) is 10.3. The van der Waals surface area contributed by atoms with Crippen LogP contribution in [-0.2, 0) is 6.61 Å². The van der Waals surface area contributed by atoms with Gasteiger partial charge in [0.25, 0.3) is 5.91 Å². The van der Waals surface area contributed by atoms with Crippen molar-refractivity contribution in [3.05, 3.63) is 53.6 Å². The van der Waals surface area contributed by atoms with Gasteiger partial charge in [0, 0.05) is 23.7 Å². The highest BCUT2D eigenvalue weighted by molar-refractivity contribution is 5.94. The zero-order chi connectivity index (χ0) is 18.8. The van der Waals surface area contributed by atoms with Crippen LogP contribution in [0.5, 0.6) is 17.2 Å². The van der Waals surface area contributed by atoms with E-state index in [1.54, 1.807) is 13.2 Å². The minimum atomic E-state index is -0.0795. The highest BCUT2D eigenvalue weighted by Crippen LogP contribution is 2.24. The average molecular weight is 357 g/mol. The van der Waals surface area contributed by atoms with Crippen LogP contribution in [0.2, 0.25) is 0 Å². The Kier molecular flexibility index (Phi) is 7.80. The molecule has 0 atom stereocenters. The first-order chi connectivity index (χ1) is 12.7. The van der Waals surface area contributed by atoms with E-state index in [0.29, 0.717) is 31.1 Å². The molecule has 0 radical (unpaired) electrons. The summed E-state index contributed by atoms with van der Waals surface area (Å²) in [5.41, 5.74) is 1.44. The molecule has 0 heterocycles. The molecule has 26 heavy (non-hydrogen) atoms. The summed E-state index contributed by atoms with van der Waals surface area (Å²) in [5.74, 6) is 2.07. The lowest BCUT2D eigenvalue weighted by Gasteiger charge is -2.14. The number of rotatable bonds is 10. The van der Waals surface area contributed by atoms with Gasteiger partial charge in [-0.2, -0.15) is 0 Å². The van der Waals surface area contributed by atoms with Crippen molar-refractivity contribution in [3.8, 4) is 17.2 Å². The van der Waals surface area contributed by atoms with Gasteiger partial charge in [-0.15, -0.1) is 0 Å². The molecule has 0 aliphatic carbocycles. The topological polar surface area (TPSA) is 56.8 Å². The molecule has 1 N–H and O–H groups in total. The maximum atomic E-state index is 12.3. The third kappa shape index (κ3) is 5.69. The van der Waals surface area contributed by atoms with Gasteiger partial charge in [0.1, 0.15) is 23.9 Å². The lowest BCUT2D eigenvalue weighted by atomic mass is 10.1. The highest BCUT2D eigenvalue weighted by Gasteiger charge is 2.11. The van der Waals surface area contributed by atoms with E-state index in [-0.39, 0.29) is 5.91 Å². The van der Waals surface area contributed by atoms with E-state index in [1.165, 1.54) is 0 Å². The van der Waals surface area contributed by atoms with E-state index < -0.39 is 0 Å². The monoisotopic (exact) mass is 357 g/mol. The van der Waals surface area contributed by atoms with Crippen molar-refractivity contribution >= 4 is 5.91 Å². The summed E-state index contributed by atoms with van der Waals surface area (Å²) in [6.07, 6.45) is 2.01. The molecule has 1 amide bonds. The Morgan fingerprint density at radius 2 is 1.85 bits per heavy atom. The Morgan fingerprint density at radius 1 is 1.04 bits per heavy atom. The number of methoxy groups -OCH3 is 1. The van der Waals surface area contributed by atoms with Crippen LogP contribution in [0.25, 0.3) is 0 Å². The van der Waals surface area contributed by atoms with Gasteiger partial charge in [0.15, 0.2) is 0 Å². The molecule has 2 aromatic carbocycles. The lowest BCUT2D eigenvalue weighted by Crippen LogP contribution is -2.24. The highest BCUT2D eigenvalue weighted by atomic mass is 16.5. The van der Waals surface area contributed by atoms with Crippen LogP contribution in [0.1, 0.15) is 42.6 Å². The van der Waals surface area contributed by atoms with E-state index in [2.05, 4.69) is 12.2 Å². The third-order valence-corrected chi connectivity index (χ3v) is 3.87. The Bertz CT molecular complexity index is 715. The SMILES string of the molecule is CCCCNC(=O)c1ccc(OCC)c(COc2cccc(OC)c2)c1. The third-order valence-electron chi connectivity index (χ3n) is 3.87. The molecule has 0 saturated carbocycles. The van der Waals surface area contributed by atoms with Crippen molar-refractivity contribution in [1.29, 1.82) is 0 Å². The Morgan fingerprint density at radius 3 is 2.58 bits per heavy atom. The van der Waals surface area contributed by atoms with Gasteiger partial charge in [-0.25, -0.2) is 0 Å².